The number of anilines is 1. The summed E-state index contributed by atoms with van der Waals surface area (Å²) < 4.78 is 5.27. The number of amides is 1. The van der Waals surface area contributed by atoms with E-state index < -0.39 is 5.97 Å². The van der Waals surface area contributed by atoms with Gasteiger partial charge in [0.2, 0.25) is 11.8 Å². The Bertz CT molecular complexity index is 444. The molecule has 1 aliphatic rings. The summed E-state index contributed by atoms with van der Waals surface area (Å²) in [6, 6.07) is 0.112. The highest BCUT2D eigenvalue weighted by Crippen LogP contribution is 2.39. The summed E-state index contributed by atoms with van der Waals surface area (Å²) in [5.74, 6) is 0.371. The minimum atomic E-state index is -0.867. The fourth-order valence-electron chi connectivity index (χ4n) is 1.26. The molecule has 8 heteroatoms. The zero-order valence-electron chi connectivity index (χ0n) is 9.59. The Balaban J connectivity index is 1.67. The topological polar surface area (TPSA) is 105 Å². The van der Waals surface area contributed by atoms with Crippen molar-refractivity contribution in [3.8, 4) is 0 Å². The van der Waals surface area contributed by atoms with E-state index >= 15 is 0 Å². The second kappa shape index (κ2) is 5.85. The normalized spacial score (nSPS) is 14.4. The molecule has 7 nitrogen and oxygen atoms in total. The zero-order valence-corrected chi connectivity index (χ0v) is 10.4. The highest BCUT2D eigenvalue weighted by molar-refractivity contribution is 7.99. The van der Waals surface area contributed by atoms with Crippen LogP contribution in [0.15, 0.2) is 4.42 Å². The highest BCUT2D eigenvalue weighted by atomic mass is 32.2. The molecule has 1 aromatic rings. The van der Waals surface area contributed by atoms with Crippen LogP contribution < -0.4 is 5.32 Å². The Morgan fingerprint density at radius 2 is 2.22 bits per heavy atom. The predicted octanol–water partition coefficient (Wildman–Crippen LogP) is 1.09. The van der Waals surface area contributed by atoms with Crippen molar-refractivity contribution in [2.24, 2.45) is 0 Å². The molecule has 1 aromatic heterocycles. The maximum absolute atomic E-state index is 11.4. The first-order valence-corrected chi connectivity index (χ1v) is 6.73. The number of nitrogens with one attached hydrogen (secondary N) is 1. The number of rotatable bonds is 7. The van der Waals surface area contributed by atoms with Crippen molar-refractivity contribution >= 4 is 29.7 Å². The second-order valence-electron chi connectivity index (χ2n) is 3.96. The molecule has 0 aliphatic heterocycles. The predicted molar refractivity (Wildman–Crippen MR) is 64.5 cm³/mol. The second-order valence-corrected chi connectivity index (χ2v) is 5.07. The van der Waals surface area contributed by atoms with Crippen LogP contribution in [0.1, 0.15) is 31.1 Å². The Labute approximate surface area is 107 Å². The van der Waals surface area contributed by atoms with Gasteiger partial charge in [0.05, 0.1) is 12.2 Å². The van der Waals surface area contributed by atoms with Crippen LogP contribution in [-0.4, -0.2) is 38.7 Å². The molecule has 0 radical (unpaired) electrons. The van der Waals surface area contributed by atoms with Gasteiger partial charge in [-0.2, -0.15) is 11.8 Å². The maximum atomic E-state index is 11.4. The van der Waals surface area contributed by atoms with Crippen molar-refractivity contribution in [2.45, 2.75) is 25.2 Å². The fourth-order valence-corrected chi connectivity index (χ4v) is 1.98. The van der Waals surface area contributed by atoms with Crippen LogP contribution in [0.4, 0.5) is 6.01 Å². The van der Waals surface area contributed by atoms with Crippen molar-refractivity contribution in [2.75, 3.05) is 16.8 Å². The smallest absolute Gasteiger partial charge is 0.322 e. The molecule has 98 valence electrons. The summed E-state index contributed by atoms with van der Waals surface area (Å²) >= 11 is 1.25. The minimum Gasteiger partial charge on any atom is -0.481 e. The van der Waals surface area contributed by atoms with Crippen LogP contribution in [-0.2, 0) is 9.59 Å². The molecule has 1 amide bonds. The number of carbonyl (C=O) groups is 2. The van der Waals surface area contributed by atoms with E-state index in [2.05, 4.69) is 15.5 Å². The molecule has 1 heterocycles. The number of nitrogens with zero attached hydrogens (tertiary/aromatic N) is 2. The van der Waals surface area contributed by atoms with Gasteiger partial charge in [-0.25, -0.2) is 0 Å². The Morgan fingerprint density at radius 1 is 1.44 bits per heavy atom. The van der Waals surface area contributed by atoms with Gasteiger partial charge in [-0.3, -0.25) is 14.9 Å². The van der Waals surface area contributed by atoms with Crippen molar-refractivity contribution in [1.29, 1.82) is 0 Å². The summed E-state index contributed by atoms with van der Waals surface area (Å²) in [4.78, 5) is 21.7. The maximum Gasteiger partial charge on any atom is 0.322 e. The number of carbonyl (C=O) groups excluding carboxylic acids is 1. The van der Waals surface area contributed by atoms with E-state index in [1.807, 2.05) is 0 Å². The molecule has 0 spiro atoms. The molecule has 18 heavy (non-hydrogen) atoms. The third-order valence-electron chi connectivity index (χ3n) is 2.31. The summed E-state index contributed by atoms with van der Waals surface area (Å²) in [6.07, 6.45) is 2.16. The van der Waals surface area contributed by atoms with E-state index in [0.717, 1.165) is 12.8 Å². The molecule has 0 atom stereocenters. The van der Waals surface area contributed by atoms with Crippen LogP contribution in [0, 0.1) is 0 Å². The number of hydrogen-bond acceptors (Lipinski definition) is 6. The lowest BCUT2D eigenvalue weighted by atomic mass is 10.4. The lowest BCUT2D eigenvalue weighted by Gasteiger charge is -1.99. The SMILES string of the molecule is O=C(O)CCSCC(=O)Nc1nnc(C2CC2)o1. The van der Waals surface area contributed by atoms with Crippen LogP contribution >= 0.6 is 11.8 Å². The summed E-state index contributed by atoms with van der Waals surface area (Å²) in [7, 11) is 0. The molecule has 0 unspecified atom stereocenters. The number of hydrogen-bond donors (Lipinski definition) is 2. The fraction of sp³-hybridized carbons (Fsp3) is 0.600. The van der Waals surface area contributed by atoms with Crippen molar-refractivity contribution in [1.82, 2.24) is 10.2 Å². The van der Waals surface area contributed by atoms with E-state index in [0.29, 0.717) is 17.6 Å². The number of carboxylic acids is 1. The van der Waals surface area contributed by atoms with Gasteiger partial charge in [0.25, 0.3) is 0 Å². The Morgan fingerprint density at radius 3 is 2.89 bits per heavy atom. The van der Waals surface area contributed by atoms with Crippen molar-refractivity contribution < 1.29 is 19.1 Å². The van der Waals surface area contributed by atoms with Gasteiger partial charge in [0.15, 0.2) is 0 Å². The third kappa shape index (κ3) is 4.02. The molecular formula is C10H13N3O4S. The van der Waals surface area contributed by atoms with Crippen LogP contribution in [0.2, 0.25) is 0 Å². The monoisotopic (exact) mass is 271 g/mol. The van der Waals surface area contributed by atoms with E-state index in [4.69, 9.17) is 9.52 Å². The Hall–Kier alpha value is -1.57. The average molecular weight is 271 g/mol. The molecule has 0 aromatic carbocycles. The van der Waals surface area contributed by atoms with Crippen LogP contribution in [0.25, 0.3) is 0 Å². The first kappa shape index (κ1) is 12.9. The summed E-state index contributed by atoms with van der Waals surface area (Å²) in [5.41, 5.74) is 0. The first-order valence-electron chi connectivity index (χ1n) is 5.58. The molecule has 1 saturated carbocycles. The molecular weight excluding hydrogens is 258 g/mol. The lowest BCUT2D eigenvalue weighted by molar-refractivity contribution is -0.136. The van der Waals surface area contributed by atoms with Crippen molar-refractivity contribution in [3.05, 3.63) is 5.89 Å². The minimum absolute atomic E-state index is 0.0460. The van der Waals surface area contributed by atoms with E-state index in [-0.39, 0.29) is 24.1 Å². The van der Waals surface area contributed by atoms with Gasteiger partial charge in [-0.15, -0.1) is 5.10 Å². The molecule has 1 fully saturated rings. The molecule has 0 bridgehead atoms. The van der Waals surface area contributed by atoms with E-state index in [1.165, 1.54) is 11.8 Å². The zero-order chi connectivity index (χ0) is 13.0. The van der Waals surface area contributed by atoms with Crippen molar-refractivity contribution in [3.63, 3.8) is 0 Å². The quantitative estimate of drug-likeness (QED) is 0.715. The Kier molecular flexibility index (Phi) is 4.19. The van der Waals surface area contributed by atoms with Crippen LogP contribution in [0.3, 0.4) is 0 Å². The molecule has 2 rings (SSSR count). The lowest BCUT2D eigenvalue weighted by Crippen LogP contribution is -2.14. The van der Waals surface area contributed by atoms with Gasteiger partial charge in [-0.05, 0) is 12.8 Å². The highest BCUT2D eigenvalue weighted by Gasteiger charge is 2.29. The van der Waals surface area contributed by atoms with Gasteiger partial charge >= 0.3 is 12.0 Å². The first-order chi connectivity index (χ1) is 8.65. The van der Waals surface area contributed by atoms with Gasteiger partial charge in [0, 0.05) is 11.7 Å². The van der Waals surface area contributed by atoms with E-state index in [9.17, 15) is 9.59 Å². The van der Waals surface area contributed by atoms with Gasteiger partial charge < -0.3 is 9.52 Å². The summed E-state index contributed by atoms with van der Waals surface area (Å²) in [5, 5.41) is 18.5. The van der Waals surface area contributed by atoms with E-state index in [1.54, 1.807) is 0 Å². The molecule has 2 N–H and O–H groups in total. The molecule has 1 aliphatic carbocycles. The number of aromatic nitrogens is 2. The number of aliphatic carboxylic acids is 1. The average Bonchev–Trinajstić information content (AvgIpc) is 3.06. The molecule has 0 saturated heterocycles. The van der Waals surface area contributed by atoms with Crippen LogP contribution in [0.5, 0.6) is 0 Å². The standard InChI is InChI=1S/C10H13N3O4S/c14-7(5-18-4-3-8(15)16)11-10-13-12-9(17-10)6-1-2-6/h6H,1-5H2,(H,15,16)(H,11,13,14). The largest absolute Gasteiger partial charge is 0.481 e. The third-order valence-corrected chi connectivity index (χ3v) is 3.27. The van der Waals surface area contributed by atoms with Gasteiger partial charge in [-0.1, -0.05) is 5.10 Å². The number of thioether (sulfide) groups is 1. The van der Waals surface area contributed by atoms with Gasteiger partial charge in [0.1, 0.15) is 0 Å². The number of carboxylic acid groups (broad SMARTS) is 1. The summed E-state index contributed by atoms with van der Waals surface area (Å²) in [6.45, 7) is 0.